The Morgan fingerprint density at radius 1 is 1.03 bits per heavy atom. The number of aromatic nitrogens is 3. The van der Waals surface area contributed by atoms with E-state index in [2.05, 4.69) is 14.5 Å². The zero-order valence-electron chi connectivity index (χ0n) is 16.1. The van der Waals surface area contributed by atoms with Crippen molar-refractivity contribution >= 4 is 22.5 Å². The summed E-state index contributed by atoms with van der Waals surface area (Å²) in [6.07, 6.45) is 3.39. The molecule has 6 nitrogen and oxygen atoms in total. The highest BCUT2D eigenvalue weighted by Gasteiger charge is 2.20. The predicted molar refractivity (Wildman–Crippen MR) is 113 cm³/mol. The molecule has 0 spiro atoms. The van der Waals surface area contributed by atoms with Gasteiger partial charge in [0.05, 0.1) is 26.5 Å². The fourth-order valence-electron chi connectivity index (χ4n) is 3.53. The molecule has 0 unspecified atom stereocenters. The summed E-state index contributed by atoms with van der Waals surface area (Å²) in [4.78, 5) is 8.46. The molecule has 0 atom stereocenters. The zero-order valence-corrected chi connectivity index (χ0v) is 16.8. The van der Waals surface area contributed by atoms with Gasteiger partial charge in [0, 0.05) is 46.0 Å². The van der Waals surface area contributed by atoms with E-state index in [0.717, 1.165) is 39.0 Å². The van der Waals surface area contributed by atoms with E-state index >= 15 is 0 Å². The third kappa shape index (κ3) is 3.52. The van der Waals surface area contributed by atoms with E-state index in [0.29, 0.717) is 11.6 Å². The van der Waals surface area contributed by atoms with Crippen LogP contribution in [0.25, 0.3) is 22.0 Å². The van der Waals surface area contributed by atoms with Gasteiger partial charge in [-0.15, -0.1) is 0 Å². The smallest absolute Gasteiger partial charge is 0.316 e. The first kappa shape index (κ1) is 19.2. The van der Waals surface area contributed by atoms with Crippen molar-refractivity contribution < 1.29 is 14.6 Å². The Balaban J connectivity index is 1.96. The number of aliphatic hydroxyl groups excluding tert-OH is 1. The fourth-order valence-corrected chi connectivity index (χ4v) is 3.72. The molecule has 4 aromatic rings. The number of nitrogens with zero attached hydrogens (tertiary/aromatic N) is 3. The average Bonchev–Trinajstić information content (AvgIpc) is 3.07. The van der Waals surface area contributed by atoms with Crippen LogP contribution in [0.5, 0.6) is 11.8 Å². The molecule has 4 rings (SSSR count). The maximum absolute atomic E-state index is 10.3. The summed E-state index contributed by atoms with van der Waals surface area (Å²) >= 11 is 6.40. The molecule has 148 valence electrons. The number of benzene rings is 2. The molecule has 0 aliphatic rings. The maximum Gasteiger partial charge on any atom is 0.316 e. The summed E-state index contributed by atoms with van der Waals surface area (Å²) in [5, 5.41) is 11.9. The number of fused-ring (bicyclic) bond motifs is 1. The van der Waals surface area contributed by atoms with Gasteiger partial charge in [-0.1, -0.05) is 29.8 Å². The molecule has 0 aliphatic heterocycles. The van der Waals surface area contributed by atoms with Crippen molar-refractivity contribution in [3.05, 3.63) is 71.1 Å². The molecule has 1 N–H and O–H groups in total. The van der Waals surface area contributed by atoms with Crippen molar-refractivity contribution in [2.24, 2.45) is 0 Å². The van der Waals surface area contributed by atoms with Gasteiger partial charge in [0.2, 0.25) is 0 Å². The van der Waals surface area contributed by atoms with E-state index < -0.39 is 0 Å². The van der Waals surface area contributed by atoms with Crippen molar-refractivity contribution in [3.63, 3.8) is 0 Å². The van der Waals surface area contributed by atoms with Crippen LogP contribution in [0.2, 0.25) is 5.02 Å². The molecule has 2 aromatic heterocycles. The number of methoxy groups -OCH3 is 2. The van der Waals surface area contributed by atoms with Gasteiger partial charge in [0.1, 0.15) is 5.75 Å². The molecule has 29 heavy (non-hydrogen) atoms. The lowest BCUT2D eigenvalue weighted by Crippen LogP contribution is -2.05. The van der Waals surface area contributed by atoms with Crippen LogP contribution >= 0.6 is 11.6 Å². The van der Waals surface area contributed by atoms with Crippen molar-refractivity contribution in [1.29, 1.82) is 0 Å². The maximum atomic E-state index is 10.3. The Morgan fingerprint density at radius 3 is 2.45 bits per heavy atom. The second-order valence-corrected chi connectivity index (χ2v) is 6.91. The first-order valence-electron chi connectivity index (χ1n) is 9.06. The number of aliphatic hydroxyl groups is 1. The van der Waals surface area contributed by atoms with Gasteiger partial charge in [0.15, 0.2) is 0 Å². The second kappa shape index (κ2) is 8.11. The van der Waals surface area contributed by atoms with Gasteiger partial charge in [-0.3, -0.25) is 0 Å². The van der Waals surface area contributed by atoms with Gasteiger partial charge in [-0.2, -0.15) is 0 Å². The molecular formula is C22H20ClN3O3. The van der Waals surface area contributed by atoms with Crippen molar-refractivity contribution in [1.82, 2.24) is 14.5 Å². The number of hydrogen-bond acceptors (Lipinski definition) is 5. The molecule has 0 radical (unpaired) electrons. The lowest BCUT2D eigenvalue weighted by atomic mass is 10.0. The Kier molecular flexibility index (Phi) is 5.38. The van der Waals surface area contributed by atoms with Crippen LogP contribution in [-0.2, 0) is 13.2 Å². The molecule has 0 amide bonds. The normalized spacial score (nSPS) is 11.0. The first-order valence-corrected chi connectivity index (χ1v) is 9.43. The van der Waals surface area contributed by atoms with Crippen LogP contribution in [-0.4, -0.2) is 33.9 Å². The van der Waals surface area contributed by atoms with E-state index in [1.807, 2.05) is 42.5 Å². The summed E-state index contributed by atoms with van der Waals surface area (Å²) in [6.45, 7) is 0.373. The van der Waals surface area contributed by atoms with Crippen LogP contribution in [0.4, 0.5) is 0 Å². The minimum atomic E-state index is -0.150. The van der Waals surface area contributed by atoms with E-state index in [1.165, 1.54) is 7.11 Å². The number of rotatable bonds is 6. The molecule has 0 aliphatic carbocycles. The summed E-state index contributed by atoms with van der Waals surface area (Å²) in [7, 11) is 3.15. The van der Waals surface area contributed by atoms with Crippen molar-refractivity contribution in [2.75, 3.05) is 14.2 Å². The largest absolute Gasteiger partial charge is 0.497 e. The van der Waals surface area contributed by atoms with Crippen LogP contribution in [0.1, 0.15) is 11.3 Å². The quantitative estimate of drug-likeness (QED) is 0.514. The number of hydrogen-bond donors (Lipinski definition) is 1. The monoisotopic (exact) mass is 409 g/mol. The summed E-state index contributed by atoms with van der Waals surface area (Å²) in [5.74, 6) is 0.729. The predicted octanol–water partition coefficient (Wildman–Crippen LogP) is 4.31. The van der Waals surface area contributed by atoms with Gasteiger partial charge in [-0.05, 0) is 29.8 Å². The van der Waals surface area contributed by atoms with E-state index in [-0.39, 0.29) is 12.6 Å². The topological polar surface area (TPSA) is 69.4 Å². The zero-order chi connectivity index (χ0) is 20.4. The van der Waals surface area contributed by atoms with Crippen LogP contribution in [0.15, 0.2) is 54.9 Å². The Bertz CT molecular complexity index is 1160. The van der Waals surface area contributed by atoms with Gasteiger partial charge >= 0.3 is 6.01 Å². The SMILES string of the molecule is COc1ccc2c(c1)c(-c1cnc(OC)nc1)c(CO)n2Cc1ccccc1Cl. The minimum absolute atomic E-state index is 0.150. The fraction of sp³-hybridized carbons (Fsp3) is 0.182. The van der Waals surface area contributed by atoms with Crippen LogP contribution < -0.4 is 9.47 Å². The van der Waals surface area contributed by atoms with Crippen LogP contribution in [0.3, 0.4) is 0 Å². The Morgan fingerprint density at radius 2 is 1.79 bits per heavy atom. The third-order valence-electron chi connectivity index (χ3n) is 4.91. The van der Waals surface area contributed by atoms with E-state index in [1.54, 1.807) is 19.5 Å². The highest BCUT2D eigenvalue weighted by Crippen LogP contribution is 2.37. The Hall–Kier alpha value is -3.09. The van der Waals surface area contributed by atoms with Crippen molar-refractivity contribution in [3.8, 4) is 22.9 Å². The third-order valence-corrected chi connectivity index (χ3v) is 5.28. The number of halogens is 1. The standard InChI is InChI=1S/C22H20ClN3O3/c1-28-16-7-8-19-17(9-16)21(15-10-24-22(29-2)25-11-15)20(13-27)26(19)12-14-5-3-4-6-18(14)23/h3-11,27H,12-13H2,1-2H3. The Labute approximate surface area is 173 Å². The summed E-state index contributed by atoms with van der Waals surface area (Å²) in [5.41, 5.74) is 4.32. The average molecular weight is 410 g/mol. The first-order chi connectivity index (χ1) is 14.2. The molecule has 0 fully saturated rings. The molecule has 0 saturated heterocycles. The lowest BCUT2D eigenvalue weighted by Gasteiger charge is -2.12. The highest BCUT2D eigenvalue weighted by atomic mass is 35.5. The molecule has 7 heteroatoms. The lowest BCUT2D eigenvalue weighted by molar-refractivity contribution is 0.273. The molecular weight excluding hydrogens is 390 g/mol. The van der Waals surface area contributed by atoms with Crippen molar-refractivity contribution in [2.45, 2.75) is 13.2 Å². The molecule has 0 saturated carbocycles. The molecule has 0 bridgehead atoms. The second-order valence-electron chi connectivity index (χ2n) is 6.50. The summed E-state index contributed by atoms with van der Waals surface area (Å²) < 4.78 is 12.6. The summed E-state index contributed by atoms with van der Waals surface area (Å²) in [6, 6.07) is 13.8. The molecule has 2 heterocycles. The highest BCUT2D eigenvalue weighted by molar-refractivity contribution is 6.31. The van der Waals surface area contributed by atoms with Gasteiger partial charge in [0.25, 0.3) is 0 Å². The molecule has 2 aromatic carbocycles. The van der Waals surface area contributed by atoms with E-state index in [4.69, 9.17) is 21.1 Å². The van der Waals surface area contributed by atoms with Crippen LogP contribution in [0, 0.1) is 0 Å². The minimum Gasteiger partial charge on any atom is -0.497 e. The van der Waals surface area contributed by atoms with E-state index in [9.17, 15) is 5.11 Å². The van der Waals surface area contributed by atoms with Gasteiger partial charge < -0.3 is 19.1 Å². The number of ether oxygens (including phenoxy) is 2. The van der Waals surface area contributed by atoms with Gasteiger partial charge in [-0.25, -0.2) is 9.97 Å².